The van der Waals surface area contributed by atoms with Crippen LogP contribution in [-0.2, 0) is 14.6 Å². The molecule has 1 amide bonds. The molecule has 20 heavy (non-hydrogen) atoms. The third kappa shape index (κ3) is 4.18. The maximum Gasteiger partial charge on any atom is 0.221 e. The third-order valence-corrected chi connectivity index (χ3v) is 5.14. The highest BCUT2D eigenvalue weighted by molar-refractivity contribution is 9.10. The molecule has 1 heterocycles. The van der Waals surface area contributed by atoms with Crippen LogP contribution in [0.25, 0.3) is 0 Å². The summed E-state index contributed by atoms with van der Waals surface area (Å²) < 4.78 is 23.5. The number of sulfone groups is 1. The molecule has 1 aliphatic heterocycles. The van der Waals surface area contributed by atoms with Gasteiger partial charge in [0.15, 0.2) is 9.84 Å². The highest BCUT2D eigenvalue weighted by atomic mass is 79.9. The number of rotatable bonds is 4. The standard InChI is InChI=1S/C14H16BrNO3S/c1-10(12-3-2-4-13(15)8-12)16-14(17)7-11-5-6-20(18,19)9-11/h2-6,8,10-11H,7,9H2,1H3,(H,16,17). The molecule has 0 aromatic heterocycles. The average molecular weight is 358 g/mol. The van der Waals surface area contributed by atoms with Gasteiger partial charge in [-0.2, -0.15) is 0 Å². The number of hydrogen-bond donors (Lipinski definition) is 1. The van der Waals surface area contributed by atoms with Gasteiger partial charge in [0.2, 0.25) is 5.91 Å². The lowest BCUT2D eigenvalue weighted by molar-refractivity contribution is -0.122. The third-order valence-electron chi connectivity index (χ3n) is 3.18. The minimum Gasteiger partial charge on any atom is -0.350 e. The van der Waals surface area contributed by atoms with Gasteiger partial charge < -0.3 is 5.32 Å². The van der Waals surface area contributed by atoms with Gasteiger partial charge in [-0.25, -0.2) is 8.42 Å². The number of amides is 1. The molecule has 0 saturated heterocycles. The molecule has 0 radical (unpaired) electrons. The molecule has 0 spiro atoms. The van der Waals surface area contributed by atoms with Gasteiger partial charge in [-0.05, 0) is 24.6 Å². The Morgan fingerprint density at radius 3 is 2.85 bits per heavy atom. The summed E-state index contributed by atoms with van der Waals surface area (Å²) in [5, 5.41) is 4.09. The van der Waals surface area contributed by atoms with Crippen molar-refractivity contribution in [2.24, 2.45) is 5.92 Å². The molecule has 1 aromatic rings. The number of benzene rings is 1. The van der Waals surface area contributed by atoms with Crippen LogP contribution in [0.2, 0.25) is 0 Å². The Bertz CT molecular complexity index is 640. The van der Waals surface area contributed by atoms with E-state index in [-0.39, 0.29) is 30.0 Å². The summed E-state index contributed by atoms with van der Waals surface area (Å²) in [6.45, 7) is 1.90. The smallest absolute Gasteiger partial charge is 0.221 e. The van der Waals surface area contributed by atoms with Crippen molar-refractivity contribution in [3.05, 3.63) is 45.8 Å². The zero-order chi connectivity index (χ0) is 14.8. The van der Waals surface area contributed by atoms with Crippen LogP contribution >= 0.6 is 15.9 Å². The fraction of sp³-hybridized carbons (Fsp3) is 0.357. The summed E-state index contributed by atoms with van der Waals surface area (Å²) in [5.41, 5.74) is 1.00. The van der Waals surface area contributed by atoms with Gasteiger partial charge in [-0.3, -0.25) is 4.79 Å². The number of hydrogen-bond acceptors (Lipinski definition) is 3. The molecule has 2 unspecified atom stereocenters. The van der Waals surface area contributed by atoms with E-state index < -0.39 is 9.84 Å². The molecule has 0 saturated carbocycles. The molecule has 6 heteroatoms. The number of nitrogens with one attached hydrogen (secondary N) is 1. The van der Waals surface area contributed by atoms with Crippen LogP contribution < -0.4 is 5.32 Å². The SMILES string of the molecule is CC(NC(=O)CC1C=CS(=O)(=O)C1)c1cccc(Br)c1. The number of carbonyl (C=O) groups excluding carboxylic acids is 1. The van der Waals surface area contributed by atoms with Crippen LogP contribution in [0.5, 0.6) is 0 Å². The molecule has 0 fully saturated rings. The normalized spacial score (nSPS) is 21.6. The summed E-state index contributed by atoms with van der Waals surface area (Å²) in [6.07, 6.45) is 1.80. The van der Waals surface area contributed by atoms with Gasteiger partial charge in [-0.1, -0.05) is 34.1 Å². The van der Waals surface area contributed by atoms with Gasteiger partial charge in [0, 0.05) is 22.2 Å². The minimum atomic E-state index is -3.09. The zero-order valence-electron chi connectivity index (χ0n) is 11.0. The molecule has 1 aromatic carbocycles. The lowest BCUT2D eigenvalue weighted by Gasteiger charge is -2.15. The predicted molar refractivity (Wildman–Crippen MR) is 81.7 cm³/mol. The molecule has 1 aliphatic rings. The summed E-state index contributed by atoms with van der Waals surface area (Å²) in [4.78, 5) is 11.9. The second kappa shape index (κ2) is 6.10. The fourth-order valence-electron chi connectivity index (χ4n) is 2.17. The lowest BCUT2D eigenvalue weighted by atomic mass is 10.1. The molecular weight excluding hydrogens is 342 g/mol. The maximum absolute atomic E-state index is 11.9. The Balaban J connectivity index is 1.90. The Kier molecular flexibility index (Phi) is 4.65. The Hall–Kier alpha value is -1.14. The van der Waals surface area contributed by atoms with Crippen molar-refractivity contribution in [3.8, 4) is 0 Å². The van der Waals surface area contributed by atoms with Crippen LogP contribution in [0.15, 0.2) is 40.2 Å². The Labute approximate surface area is 127 Å². The topological polar surface area (TPSA) is 63.2 Å². The van der Waals surface area contributed by atoms with Crippen LogP contribution in [-0.4, -0.2) is 20.1 Å². The van der Waals surface area contributed by atoms with Crippen molar-refractivity contribution in [1.29, 1.82) is 0 Å². The highest BCUT2D eigenvalue weighted by Gasteiger charge is 2.24. The molecule has 0 bridgehead atoms. The van der Waals surface area contributed by atoms with Gasteiger partial charge in [-0.15, -0.1) is 0 Å². The number of carbonyl (C=O) groups is 1. The van der Waals surface area contributed by atoms with E-state index >= 15 is 0 Å². The highest BCUT2D eigenvalue weighted by Crippen LogP contribution is 2.20. The molecule has 4 nitrogen and oxygen atoms in total. The molecular formula is C14H16BrNO3S. The van der Waals surface area contributed by atoms with Crippen molar-refractivity contribution >= 4 is 31.7 Å². The first-order valence-electron chi connectivity index (χ1n) is 6.31. The summed E-state index contributed by atoms with van der Waals surface area (Å²) in [6, 6.07) is 7.61. The van der Waals surface area contributed by atoms with E-state index in [0.29, 0.717) is 0 Å². The van der Waals surface area contributed by atoms with Crippen molar-refractivity contribution < 1.29 is 13.2 Å². The van der Waals surface area contributed by atoms with Crippen molar-refractivity contribution in [2.75, 3.05) is 5.75 Å². The fourth-order valence-corrected chi connectivity index (χ4v) is 3.98. The minimum absolute atomic E-state index is 0.0334. The van der Waals surface area contributed by atoms with Crippen LogP contribution in [0.4, 0.5) is 0 Å². The Morgan fingerprint density at radius 1 is 1.50 bits per heavy atom. The monoisotopic (exact) mass is 357 g/mol. The summed E-state index contributed by atoms with van der Waals surface area (Å²) in [5.74, 6) is -0.315. The van der Waals surface area contributed by atoms with Gasteiger partial charge in [0.25, 0.3) is 0 Å². The van der Waals surface area contributed by atoms with E-state index in [0.717, 1.165) is 10.0 Å². The average Bonchev–Trinajstić information content (AvgIpc) is 2.68. The first-order chi connectivity index (χ1) is 9.35. The largest absolute Gasteiger partial charge is 0.350 e. The van der Waals surface area contributed by atoms with Crippen molar-refractivity contribution in [1.82, 2.24) is 5.32 Å². The van der Waals surface area contributed by atoms with E-state index in [4.69, 9.17) is 0 Å². The Morgan fingerprint density at radius 2 is 2.25 bits per heavy atom. The van der Waals surface area contributed by atoms with E-state index in [1.165, 1.54) is 5.41 Å². The van der Waals surface area contributed by atoms with E-state index in [1.54, 1.807) is 6.08 Å². The van der Waals surface area contributed by atoms with E-state index in [9.17, 15) is 13.2 Å². The molecule has 1 N–H and O–H groups in total. The molecule has 0 aliphatic carbocycles. The second-order valence-corrected chi connectivity index (χ2v) is 7.81. The van der Waals surface area contributed by atoms with E-state index in [2.05, 4.69) is 21.2 Å². The first-order valence-corrected chi connectivity index (χ1v) is 8.82. The van der Waals surface area contributed by atoms with Crippen LogP contribution in [0.1, 0.15) is 24.9 Å². The number of halogens is 1. The van der Waals surface area contributed by atoms with Crippen molar-refractivity contribution in [2.45, 2.75) is 19.4 Å². The molecule has 2 rings (SSSR count). The lowest BCUT2D eigenvalue weighted by Crippen LogP contribution is -2.28. The van der Waals surface area contributed by atoms with Gasteiger partial charge in [0.05, 0.1) is 11.8 Å². The quantitative estimate of drug-likeness (QED) is 0.900. The van der Waals surface area contributed by atoms with Crippen LogP contribution in [0.3, 0.4) is 0 Å². The summed E-state index contributed by atoms with van der Waals surface area (Å²) in [7, 11) is -3.09. The molecule has 108 valence electrons. The first kappa shape index (κ1) is 15.3. The second-order valence-electron chi connectivity index (χ2n) is 4.97. The van der Waals surface area contributed by atoms with Crippen molar-refractivity contribution in [3.63, 3.8) is 0 Å². The van der Waals surface area contributed by atoms with Crippen LogP contribution in [0, 0.1) is 5.92 Å². The maximum atomic E-state index is 11.9. The zero-order valence-corrected chi connectivity index (χ0v) is 13.4. The molecule has 2 atom stereocenters. The van der Waals surface area contributed by atoms with Gasteiger partial charge >= 0.3 is 0 Å². The van der Waals surface area contributed by atoms with Gasteiger partial charge in [0.1, 0.15) is 0 Å². The number of allylic oxidation sites excluding steroid dienone is 1. The summed E-state index contributed by atoms with van der Waals surface area (Å²) >= 11 is 3.39. The van der Waals surface area contributed by atoms with E-state index in [1.807, 2.05) is 31.2 Å². The predicted octanol–water partition coefficient (Wildman–Crippen LogP) is 2.57.